The van der Waals surface area contributed by atoms with Gasteiger partial charge in [-0.1, -0.05) is 133 Å². The van der Waals surface area contributed by atoms with Gasteiger partial charge in [0.2, 0.25) is 17.7 Å². The van der Waals surface area contributed by atoms with Crippen molar-refractivity contribution < 1.29 is 28.3 Å². The molecular formula is C55H53N7O6. The van der Waals surface area contributed by atoms with Gasteiger partial charge in [0.25, 0.3) is 0 Å². The van der Waals surface area contributed by atoms with Crippen LogP contribution in [0.25, 0.3) is 16.9 Å². The zero-order valence-corrected chi connectivity index (χ0v) is 37.6. The third kappa shape index (κ3) is 12.3. The molecule has 0 spiro atoms. The fourth-order valence-electron chi connectivity index (χ4n) is 8.12. The van der Waals surface area contributed by atoms with Crippen molar-refractivity contribution in [2.45, 2.75) is 57.2 Å². The second kappa shape index (κ2) is 22.5. The summed E-state index contributed by atoms with van der Waals surface area (Å²) in [7, 11) is 0. The first-order valence-electron chi connectivity index (χ1n) is 22.6. The van der Waals surface area contributed by atoms with Crippen molar-refractivity contribution in [3.8, 4) is 17.1 Å². The zero-order chi connectivity index (χ0) is 47.2. The van der Waals surface area contributed by atoms with Crippen LogP contribution >= 0.6 is 0 Å². The number of nitrogens with zero attached hydrogens (tertiary/aromatic N) is 3. The molecular weight excluding hydrogens is 855 g/mol. The summed E-state index contributed by atoms with van der Waals surface area (Å²) < 4.78 is 14.4. The van der Waals surface area contributed by atoms with Crippen molar-refractivity contribution in [3.63, 3.8) is 0 Å². The number of ether oxygens (including phenoxy) is 1. The number of hydrogen-bond acceptors (Lipinski definition) is 10. The number of imidazole rings is 1. The quantitative estimate of drug-likeness (QED) is 0.0595. The molecule has 13 heteroatoms. The molecule has 2 atom stereocenters. The van der Waals surface area contributed by atoms with E-state index in [0.717, 1.165) is 44.6 Å². The number of Topliss-reactive ketones (excluding diaryl/α,β-unsaturated/α-hetero) is 2. The van der Waals surface area contributed by atoms with Crippen LogP contribution in [-0.2, 0) is 64.3 Å². The number of benzene rings is 5. The van der Waals surface area contributed by atoms with Crippen molar-refractivity contribution in [3.05, 3.63) is 215 Å². The van der Waals surface area contributed by atoms with E-state index in [1.165, 1.54) is 0 Å². The first-order valence-corrected chi connectivity index (χ1v) is 22.6. The van der Waals surface area contributed by atoms with Gasteiger partial charge in [0.05, 0.1) is 49.2 Å². The van der Waals surface area contributed by atoms with Gasteiger partial charge in [-0.05, 0) is 64.4 Å². The van der Waals surface area contributed by atoms with Crippen LogP contribution in [0.1, 0.15) is 50.5 Å². The highest BCUT2D eigenvalue weighted by molar-refractivity contribution is 5.92. The number of nitrogens with one attached hydrogen (secondary N) is 2. The van der Waals surface area contributed by atoms with Crippen molar-refractivity contribution in [1.29, 1.82) is 0 Å². The third-order valence-electron chi connectivity index (χ3n) is 11.6. The number of ketones is 2. The Morgan fingerprint density at radius 1 is 0.574 bits per heavy atom. The highest BCUT2D eigenvalue weighted by Gasteiger charge is 2.24. The van der Waals surface area contributed by atoms with Gasteiger partial charge in [-0.2, -0.15) is 0 Å². The molecule has 344 valence electrons. The van der Waals surface area contributed by atoms with Crippen LogP contribution in [0.15, 0.2) is 169 Å². The number of nitrogens with two attached hydrogens (primary N) is 2. The van der Waals surface area contributed by atoms with E-state index in [1.807, 2.05) is 162 Å². The van der Waals surface area contributed by atoms with E-state index < -0.39 is 18.0 Å². The second-order valence-corrected chi connectivity index (χ2v) is 16.7. The van der Waals surface area contributed by atoms with E-state index >= 15 is 0 Å². The number of aromatic nitrogens is 3. The molecule has 3 aromatic heterocycles. The predicted molar refractivity (Wildman–Crippen MR) is 260 cm³/mol. The maximum atomic E-state index is 13.9. The Morgan fingerprint density at radius 2 is 1.13 bits per heavy atom. The van der Waals surface area contributed by atoms with Crippen LogP contribution in [0.3, 0.4) is 0 Å². The first kappa shape index (κ1) is 46.5. The van der Waals surface area contributed by atoms with Gasteiger partial charge < -0.3 is 31.3 Å². The first-order chi connectivity index (χ1) is 33.2. The summed E-state index contributed by atoms with van der Waals surface area (Å²) in [5.41, 5.74) is 20.0. The monoisotopic (exact) mass is 907 g/mol. The van der Waals surface area contributed by atoms with E-state index in [2.05, 4.69) is 10.6 Å². The minimum Gasteiger partial charge on any atom is -0.472 e. The normalized spacial score (nSPS) is 12.0. The summed E-state index contributed by atoms with van der Waals surface area (Å²) in [5.74, 6) is 0.175. The van der Waals surface area contributed by atoms with Crippen molar-refractivity contribution in [2.75, 3.05) is 13.1 Å². The number of fused-ring (bicyclic) bond motifs is 1. The minimum atomic E-state index is -0.756. The fraction of sp³-hybridized carbons (Fsp3) is 0.200. The molecule has 0 aliphatic carbocycles. The highest BCUT2D eigenvalue weighted by atomic mass is 16.5. The van der Waals surface area contributed by atoms with E-state index in [0.29, 0.717) is 54.4 Å². The molecule has 0 aliphatic rings. The smallest absolute Gasteiger partial charge is 0.234 e. The van der Waals surface area contributed by atoms with Crippen LogP contribution in [0, 0.1) is 0 Å². The predicted octanol–water partition coefficient (Wildman–Crippen LogP) is 6.35. The zero-order valence-electron chi connectivity index (χ0n) is 37.6. The van der Waals surface area contributed by atoms with Crippen LogP contribution in [0.5, 0.6) is 5.88 Å². The molecule has 2 amide bonds. The summed E-state index contributed by atoms with van der Waals surface area (Å²) in [6, 6.07) is 46.8. The number of hydrogen-bond donors (Lipinski definition) is 4. The Morgan fingerprint density at radius 3 is 1.71 bits per heavy atom. The molecule has 68 heavy (non-hydrogen) atoms. The fourth-order valence-corrected chi connectivity index (χ4v) is 8.12. The van der Waals surface area contributed by atoms with E-state index in [4.69, 9.17) is 30.6 Å². The number of rotatable bonds is 22. The van der Waals surface area contributed by atoms with Crippen molar-refractivity contribution in [1.82, 2.24) is 25.0 Å². The molecule has 5 aromatic carbocycles. The van der Waals surface area contributed by atoms with Crippen molar-refractivity contribution in [2.24, 2.45) is 11.5 Å². The van der Waals surface area contributed by atoms with Crippen LogP contribution in [0.2, 0.25) is 0 Å². The summed E-state index contributed by atoms with van der Waals surface area (Å²) in [4.78, 5) is 62.5. The molecule has 8 rings (SSSR count). The van der Waals surface area contributed by atoms with Crippen LogP contribution in [0.4, 0.5) is 0 Å². The molecule has 0 aliphatic heterocycles. The van der Waals surface area contributed by atoms with Gasteiger partial charge >= 0.3 is 0 Å². The Hall–Kier alpha value is -8.00. The van der Waals surface area contributed by atoms with E-state index in [9.17, 15) is 19.2 Å². The lowest BCUT2D eigenvalue weighted by molar-refractivity contribution is -0.126. The van der Waals surface area contributed by atoms with Gasteiger partial charge in [0.15, 0.2) is 17.2 Å². The number of carbonyl (C=O) groups excluding carboxylic acids is 4. The van der Waals surface area contributed by atoms with Gasteiger partial charge in [0, 0.05) is 31.0 Å². The molecule has 6 N–H and O–H groups in total. The summed E-state index contributed by atoms with van der Waals surface area (Å²) in [6.07, 6.45) is 5.28. The summed E-state index contributed by atoms with van der Waals surface area (Å²) in [5, 5.41) is 5.62. The molecule has 0 bridgehead atoms. The second-order valence-electron chi connectivity index (χ2n) is 16.7. The Kier molecular flexibility index (Phi) is 15.4. The number of carbonyl (C=O) groups is 4. The SMILES string of the molecule is NCC(=O)NC(Cc1ccccc1)C(=O)Cc1ccc(COc2c(Cc3ccco3)nc3c(Cc4ccccc4)nc(-c4cccc(CC(=O)C(Cc5ccccc5)NC(=O)CN)c4)cn23)cc1. The molecule has 0 fully saturated rings. The van der Waals surface area contributed by atoms with E-state index in [1.54, 1.807) is 6.26 Å². The Bertz CT molecular complexity index is 2960. The van der Waals surface area contributed by atoms with Crippen molar-refractivity contribution >= 4 is 29.0 Å². The van der Waals surface area contributed by atoms with Crippen LogP contribution < -0.4 is 26.8 Å². The average Bonchev–Trinajstić information content (AvgIpc) is 4.02. The topological polar surface area (TPSA) is 197 Å². The van der Waals surface area contributed by atoms with Gasteiger partial charge in [-0.3, -0.25) is 23.6 Å². The third-order valence-corrected chi connectivity index (χ3v) is 11.6. The van der Waals surface area contributed by atoms with Gasteiger partial charge in [-0.25, -0.2) is 9.97 Å². The molecule has 3 heterocycles. The Balaban J connectivity index is 1.08. The summed E-state index contributed by atoms with van der Waals surface area (Å²) in [6.45, 7) is -0.245. The van der Waals surface area contributed by atoms with Crippen LogP contribution in [-0.4, -0.2) is 62.9 Å². The Labute approximate surface area is 394 Å². The molecule has 0 saturated heterocycles. The lowest BCUT2D eigenvalue weighted by Crippen LogP contribution is -2.45. The largest absolute Gasteiger partial charge is 0.472 e. The molecule has 13 nitrogen and oxygen atoms in total. The standard InChI is InChI=1S/C55H53N7O6/c56-33-52(65)59-45(27-37-12-4-1-5-13-37)50(63)30-40-21-23-41(24-22-40)36-68-55-48(32-44-20-11-25-67-44)61-54-47(29-39-16-8-3-9-17-39)58-49(35-62(54)55)43-19-10-18-42(26-43)31-51(64)46(60-53(66)34-57)28-38-14-6-2-7-15-38/h1-26,35,45-46H,27-34,36,56-57H2,(H,59,65)(H,60,66). The highest BCUT2D eigenvalue weighted by Crippen LogP contribution is 2.31. The van der Waals surface area contributed by atoms with E-state index in [-0.39, 0.29) is 50.0 Å². The minimum absolute atomic E-state index is 0.0775. The molecule has 0 radical (unpaired) electrons. The summed E-state index contributed by atoms with van der Waals surface area (Å²) >= 11 is 0. The number of amides is 2. The number of furan rings is 1. The maximum absolute atomic E-state index is 13.9. The molecule has 0 saturated carbocycles. The lowest BCUT2D eigenvalue weighted by Gasteiger charge is -2.18. The maximum Gasteiger partial charge on any atom is 0.234 e. The molecule has 2 unspecified atom stereocenters. The average molecular weight is 908 g/mol. The lowest BCUT2D eigenvalue weighted by atomic mass is 9.96. The van der Waals surface area contributed by atoms with Gasteiger partial charge in [-0.15, -0.1) is 0 Å². The van der Waals surface area contributed by atoms with Gasteiger partial charge in [0.1, 0.15) is 18.1 Å². The molecule has 8 aromatic rings.